The molecule has 2 aliphatic rings. The van der Waals surface area contributed by atoms with E-state index >= 15 is 4.39 Å². The third kappa shape index (κ3) is 5.46. The molecular weight excluding hydrogens is 548 g/mol. The molecule has 1 aliphatic heterocycles. The number of alkyl halides is 2. The lowest BCUT2D eigenvalue weighted by atomic mass is 9.98. The SMILES string of the molecule is CC(NC(=O)[C@@H]1C[C@](F)(CF)CN1C(=O)CNC(=O)c1ccc2c(c1)-c1ccccc1C2C)c1cc(C(=N)N)cs1. The van der Waals surface area contributed by atoms with Gasteiger partial charge in [-0.1, -0.05) is 37.3 Å². The van der Waals surface area contributed by atoms with Gasteiger partial charge in [-0.2, -0.15) is 0 Å². The zero-order chi connectivity index (χ0) is 29.5. The second-order valence-corrected chi connectivity index (χ2v) is 11.6. The number of likely N-dealkylation sites (tertiary alicyclic amines) is 1. The maximum atomic E-state index is 15.1. The van der Waals surface area contributed by atoms with E-state index in [2.05, 4.69) is 23.6 Å². The highest BCUT2D eigenvalue weighted by molar-refractivity contribution is 7.10. The number of amidine groups is 1. The number of amides is 3. The van der Waals surface area contributed by atoms with E-state index in [1.165, 1.54) is 16.9 Å². The minimum Gasteiger partial charge on any atom is -0.384 e. The van der Waals surface area contributed by atoms with Gasteiger partial charge in [0.15, 0.2) is 5.67 Å². The quantitative estimate of drug-likeness (QED) is 0.237. The second-order valence-electron chi connectivity index (χ2n) is 10.7. The number of rotatable bonds is 8. The second kappa shape index (κ2) is 11.0. The molecule has 0 spiro atoms. The van der Waals surface area contributed by atoms with Crippen LogP contribution in [-0.2, 0) is 9.59 Å². The maximum absolute atomic E-state index is 15.1. The van der Waals surface area contributed by atoms with Gasteiger partial charge in [-0.15, -0.1) is 11.3 Å². The lowest BCUT2D eigenvalue weighted by Crippen LogP contribution is -2.49. The van der Waals surface area contributed by atoms with Gasteiger partial charge in [-0.25, -0.2) is 8.78 Å². The Morgan fingerprint density at radius 3 is 2.59 bits per heavy atom. The first-order valence-electron chi connectivity index (χ1n) is 13.3. The molecule has 214 valence electrons. The molecule has 8 nitrogen and oxygen atoms in total. The summed E-state index contributed by atoms with van der Waals surface area (Å²) >= 11 is 1.30. The van der Waals surface area contributed by atoms with Crippen molar-refractivity contribution in [3.05, 3.63) is 81.0 Å². The van der Waals surface area contributed by atoms with Gasteiger partial charge in [0.05, 0.1) is 19.1 Å². The normalized spacial score (nSPS) is 21.6. The number of carbonyl (C=O) groups excluding carboxylic acids is 3. The summed E-state index contributed by atoms with van der Waals surface area (Å²) < 4.78 is 28.7. The van der Waals surface area contributed by atoms with E-state index in [0.717, 1.165) is 26.5 Å². The van der Waals surface area contributed by atoms with Gasteiger partial charge in [-0.05, 0) is 47.4 Å². The molecule has 5 N–H and O–H groups in total. The number of halogens is 2. The minimum absolute atomic E-state index is 0.106. The Bertz CT molecular complexity index is 1540. The summed E-state index contributed by atoms with van der Waals surface area (Å²) in [4.78, 5) is 41.0. The monoisotopic (exact) mass is 579 g/mol. The highest BCUT2D eigenvalue weighted by atomic mass is 32.1. The summed E-state index contributed by atoms with van der Waals surface area (Å²) in [5, 5.41) is 14.6. The molecule has 2 aromatic carbocycles. The Labute approximate surface area is 240 Å². The van der Waals surface area contributed by atoms with E-state index in [0.29, 0.717) is 11.1 Å². The van der Waals surface area contributed by atoms with Gasteiger partial charge in [0, 0.05) is 33.7 Å². The van der Waals surface area contributed by atoms with Gasteiger partial charge in [0.25, 0.3) is 5.91 Å². The van der Waals surface area contributed by atoms with Crippen LogP contribution in [0.15, 0.2) is 53.9 Å². The number of nitrogens with zero attached hydrogens (tertiary/aromatic N) is 1. The number of hydrogen-bond acceptors (Lipinski definition) is 5. The van der Waals surface area contributed by atoms with Crippen LogP contribution in [0.25, 0.3) is 11.1 Å². The van der Waals surface area contributed by atoms with Gasteiger partial charge in [0.1, 0.15) is 18.6 Å². The number of hydrogen-bond donors (Lipinski definition) is 4. The minimum atomic E-state index is -2.36. The van der Waals surface area contributed by atoms with E-state index in [9.17, 15) is 18.8 Å². The molecule has 1 fully saturated rings. The van der Waals surface area contributed by atoms with Gasteiger partial charge >= 0.3 is 0 Å². The Morgan fingerprint density at radius 2 is 1.88 bits per heavy atom. The van der Waals surface area contributed by atoms with Crippen molar-refractivity contribution in [3.63, 3.8) is 0 Å². The van der Waals surface area contributed by atoms with Crippen LogP contribution in [0.2, 0.25) is 0 Å². The predicted molar refractivity (Wildman–Crippen MR) is 154 cm³/mol. The van der Waals surface area contributed by atoms with E-state index in [4.69, 9.17) is 11.1 Å². The first-order chi connectivity index (χ1) is 19.5. The lowest BCUT2D eigenvalue weighted by molar-refractivity contribution is -0.138. The standard InChI is InChI=1S/C30H31F2N5O3S/c1-16-20-5-3-4-6-22(20)23-9-18(7-8-21(16)23)28(39)35-12-26(38)37-15-30(32,14-31)11-24(37)29(40)36-17(2)25-10-19(13-41-25)27(33)34/h3-10,13,16-17,24H,11-12,14-15H2,1-2H3,(H3,33,34)(H,35,39)(H,36,40)/t16?,17?,24-,30-/m0/s1. The largest absolute Gasteiger partial charge is 0.384 e. The molecule has 3 amide bonds. The van der Waals surface area contributed by atoms with Crippen LogP contribution in [0.1, 0.15) is 64.2 Å². The Balaban J connectivity index is 1.26. The molecule has 0 radical (unpaired) electrons. The van der Waals surface area contributed by atoms with Crippen LogP contribution in [-0.4, -0.2) is 59.9 Å². The number of nitrogens with one attached hydrogen (secondary N) is 3. The topological polar surface area (TPSA) is 128 Å². The number of thiophene rings is 1. The average molecular weight is 580 g/mol. The van der Waals surface area contributed by atoms with Crippen LogP contribution in [0, 0.1) is 5.41 Å². The van der Waals surface area contributed by atoms with Crippen molar-refractivity contribution in [2.75, 3.05) is 19.8 Å². The molecule has 0 saturated carbocycles. The fourth-order valence-corrected chi connectivity index (χ4v) is 6.50. The maximum Gasteiger partial charge on any atom is 0.251 e. The van der Waals surface area contributed by atoms with Crippen molar-refractivity contribution >= 4 is 34.9 Å². The fourth-order valence-electron chi connectivity index (χ4n) is 5.59. The summed E-state index contributed by atoms with van der Waals surface area (Å²) in [6.07, 6.45) is -0.493. The molecule has 11 heteroatoms. The highest BCUT2D eigenvalue weighted by Crippen LogP contribution is 2.44. The van der Waals surface area contributed by atoms with Gasteiger partial charge < -0.3 is 21.3 Å². The average Bonchev–Trinajstić information content (AvgIpc) is 3.67. The smallest absolute Gasteiger partial charge is 0.251 e. The van der Waals surface area contributed by atoms with E-state index in [1.54, 1.807) is 30.5 Å². The van der Waals surface area contributed by atoms with Crippen molar-refractivity contribution < 1.29 is 23.2 Å². The Morgan fingerprint density at radius 1 is 1.15 bits per heavy atom. The van der Waals surface area contributed by atoms with Crippen LogP contribution in [0.5, 0.6) is 0 Å². The third-order valence-corrected chi connectivity index (χ3v) is 8.98. The van der Waals surface area contributed by atoms with E-state index in [1.807, 2.05) is 24.3 Å². The summed E-state index contributed by atoms with van der Waals surface area (Å²) in [5.74, 6) is -1.70. The Hall–Kier alpha value is -4.12. The van der Waals surface area contributed by atoms with Crippen LogP contribution in [0.4, 0.5) is 8.78 Å². The van der Waals surface area contributed by atoms with Crippen LogP contribution in [0.3, 0.4) is 0 Å². The molecule has 3 aromatic rings. The summed E-state index contributed by atoms with van der Waals surface area (Å²) in [6.45, 7) is 1.41. The van der Waals surface area contributed by atoms with Crippen molar-refractivity contribution in [2.45, 2.75) is 43.9 Å². The van der Waals surface area contributed by atoms with Crippen molar-refractivity contribution in [2.24, 2.45) is 5.73 Å². The molecule has 1 saturated heterocycles. The van der Waals surface area contributed by atoms with Crippen molar-refractivity contribution in [1.82, 2.24) is 15.5 Å². The molecule has 1 aliphatic carbocycles. The summed E-state index contributed by atoms with van der Waals surface area (Å²) in [6, 6.07) is 13.3. The summed E-state index contributed by atoms with van der Waals surface area (Å²) in [5.41, 5.74) is 8.36. The molecule has 1 aromatic heterocycles. The van der Waals surface area contributed by atoms with Crippen LogP contribution < -0.4 is 16.4 Å². The molecule has 4 atom stereocenters. The number of benzene rings is 2. The number of fused-ring (bicyclic) bond motifs is 3. The molecule has 5 rings (SSSR count). The Kier molecular flexibility index (Phi) is 7.65. The number of nitrogens with two attached hydrogens (primary N) is 1. The zero-order valence-electron chi connectivity index (χ0n) is 22.7. The molecule has 2 unspecified atom stereocenters. The van der Waals surface area contributed by atoms with Gasteiger partial charge in [-0.3, -0.25) is 19.8 Å². The molecular formula is C30H31F2N5O3S. The first-order valence-corrected chi connectivity index (χ1v) is 14.2. The van der Waals surface area contributed by atoms with E-state index < -0.39 is 61.7 Å². The fraction of sp³-hybridized carbons (Fsp3) is 0.333. The molecule has 0 bridgehead atoms. The first kappa shape index (κ1) is 28.4. The summed E-state index contributed by atoms with van der Waals surface area (Å²) in [7, 11) is 0. The van der Waals surface area contributed by atoms with Crippen molar-refractivity contribution in [3.8, 4) is 11.1 Å². The molecule has 2 heterocycles. The van der Waals surface area contributed by atoms with Gasteiger partial charge in [0.2, 0.25) is 11.8 Å². The lowest BCUT2D eigenvalue weighted by Gasteiger charge is -2.25. The number of carbonyl (C=O) groups is 3. The van der Waals surface area contributed by atoms with Crippen molar-refractivity contribution in [1.29, 1.82) is 5.41 Å². The van der Waals surface area contributed by atoms with Crippen LogP contribution >= 0.6 is 11.3 Å². The highest BCUT2D eigenvalue weighted by Gasteiger charge is 2.49. The van der Waals surface area contributed by atoms with E-state index in [-0.39, 0.29) is 11.8 Å². The molecule has 41 heavy (non-hydrogen) atoms. The number of nitrogen functional groups attached to an aromatic ring is 1. The third-order valence-electron chi connectivity index (χ3n) is 7.87. The zero-order valence-corrected chi connectivity index (χ0v) is 23.5. The predicted octanol–water partition coefficient (Wildman–Crippen LogP) is 4.05.